The molecule has 0 nitrogen and oxygen atoms in total. The first-order valence-electron chi connectivity index (χ1n) is 12.8. The van der Waals surface area contributed by atoms with Crippen molar-refractivity contribution in [2.45, 2.75) is 142 Å². The highest BCUT2D eigenvalue weighted by Gasteiger charge is 2.30. The lowest BCUT2D eigenvalue weighted by atomic mass is 9.68. The van der Waals surface area contributed by atoms with Crippen LogP contribution >= 0.6 is 0 Å². The summed E-state index contributed by atoms with van der Waals surface area (Å²) in [6, 6.07) is 0. The molecule has 0 unspecified atom stereocenters. The minimum atomic E-state index is 1.09. The summed E-state index contributed by atoms with van der Waals surface area (Å²) >= 11 is 0. The summed E-state index contributed by atoms with van der Waals surface area (Å²) < 4.78 is 0. The first-order chi connectivity index (χ1) is 12.8. The third-order valence-electron chi connectivity index (χ3n) is 7.88. The van der Waals surface area contributed by atoms with E-state index in [1.54, 1.807) is 57.8 Å². The Balaban J connectivity index is 1.49. The lowest BCUT2D eigenvalue weighted by Gasteiger charge is -2.38. The van der Waals surface area contributed by atoms with Crippen molar-refractivity contribution < 1.29 is 0 Å². The van der Waals surface area contributed by atoms with E-state index in [0.717, 1.165) is 23.7 Å². The summed E-state index contributed by atoms with van der Waals surface area (Å²) in [5, 5.41) is 0. The van der Waals surface area contributed by atoms with E-state index in [-0.39, 0.29) is 0 Å². The topological polar surface area (TPSA) is 0 Å². The molecule has 0 N–H and O–H groups in total. The molecule has 26 heavy (non-hydrogen) atoms. The first-order valence-corrected chi connectivity index (χ1v) is 12.8. The van der Waals surface area contributed by atoms with Gasteiger partial charge in [-0.15, -0.1) is 0 Å². The quantitative estimate of drug-likeness (QED) is 0.286. The molecule has 0 aromatic carbocycles. The number of unbranched alkanes of at least 4 members (excludes halogenated alkanes) is 8. The predicted molar refractivity (Wildman–Crippen MR) is 118 cm³/mol. The molecular weight excluding hydrogens is 312 g/mol. The third-order valence-corrected chi connectivity index (χ3v) is 7.88. The maximum atomic E-state index is 2.33. The van der Waals surface area contributed by atoms with Crippen molar-refractivity contribution in [3.05, 3.63) is 0 Å². The first kappa shape index (κ1) is 22.3. The monoisotopic (exact) mass is 362 g/mol. The zero-order valence-electron chi connectivity index (χ0n) is 18.5. The molecule has 0 radical (unpaired) electrons. The molecule has 0 aliphatic heterocycles. The Labute approximate surface area is 166 Å². The Kier molecular flexibility index (Phi) is 12.1. The van der Waals surface area contributed by atoms with Gasteiger partial charge in [0.25, 0.3) is 0 Å². The number of rotatable bonds is 13. The van der Waals surface area contributed by atoms with Crippen LogP contribution in [0.4, 0.5) is 0 Å². The average molecular weight is 363 g/mol. The van der Waals surface area contributed by atoms with Crippen LogP contribution in [0, 0.1) is 23.7 Å². The van der Waals surface area contributed by atoms with Crippen LogP contribution in [-0.4, -0.2) is 0 Å². The minimum Gasteiger partial charge on any atom is -0.0654 e. The molecule has 2 saturated carbocycles. The van der Waals surface area contributed by atoms with Gasteiger partial charge in [0, 0.05) is 0 Å². The molecular formula is C26H50. The number of hydrogen-bond donors (Lipinski definition) is 0. The Morgan fingerprint density at radius 2 is 0.769 bits per heavy atom. The number of hydrogen-bond acceptors (Lipinski definition) is 0. The van der Waals surface area contributed by atoms with E-state index in [4.69, 9.17) is 0 Å². The van der Waals surface area contributed by atoms with Crippen molar-refractivity contribution in [2.75, 3.05) is 0 Å². The second kappa shape index (κ2) is 14.1. The summed E-state index contributed by atoms with van der Waals surface area (Å²) in [7, 11) is 0. The summed E-state index contributed by atoms with van der Waals surface area (Å²) in [6.45, 7) is 4.64. The minimum absolute atomic E-state index is 1.09. The molecule has 2 aliphatic rings. The summed E-state index contributed by atoms with van der Waals surface area (Å²) in [5.74, 6) is 4.40. The van der Waals surface area contributed by atoms with Gasteiger partial charge in [0.1, 0.15) is 0 Å². The Bertz CT molecular complexity index is 304. The zero-order chi connectivity index (χ0) is 18.5. The predicted octanol–water partition coefficient (Wildman–Crippen LogP) is 9.32. The third kappa shape index (κ3) is 8.79. The molecule has 0 amide bonds. The maximum absolute atomic E-state index is 2.33. The normalized spacial score (nSPS) is 29.8. The lowest BCUT2D eigenvalue weighted by Crippen LogP contribution is -2.25. The summed E-state index contributed by atoms with van der Waals surface area (Å²) in [5.41, 5.74) is 0. The SMILES string of the molecule is CCCCCCCCC1CCC([C@H]2CC[C@H](CCCCCC)CC2)CC1. The molecule has 0 heterocycles. The molecule has 0 atom stereocenters. The van der Waals surface area contributed by atoms with Gasteiger partial charge < -0.3 is 0 Å². The molecule has 2 aliphatic carbocycles. The van der Waals surface area contributed by atoms with Crippen molar-refractivity contribution in [1.82, 2.24) is 0 Å². The molecule has 0 bridgehead atoms. The van der Waals surface area contributed by atoms with Crippen molar-refractivity contribution in [2.24, 2.45) is 23.7 Å². The fourth-order valence-electron chi connectivity index (χ4n) is 5.97. The van der Waals surface area contributed by atoms with Gasteiger partial charge in [-0.2, -0.15) is 0 Å². The molecule has 2 rings (SSSR count). The van der Waals surface area contributed by atoms with Gasteiger partial charge in [0.15, 0.2) is 0 Å². The van der Waals surface area contributed by atoms with Crippen LogP contribution in [0.5, 0.6) is 0 Å². The molecule has 154 valence electrons. The maximum Gasteiger partial charge on any atom is -0.0386 e. The Morgan fingerprint density at radius 3 is 1.19 bits per heavy atom. The lowest BCUT2D eigenvalue weighted by molar-refractivity contribution is 0.139. The largest absolute Gasteiger partial charge is 0.0654 e. The van der Waals surface area contributed by atoms with Crippen molar-refractivity contribution >= 4 is 0 Å². The molecule has 0 aromatic rings. The van der Waals surface area contributed by atoms with Crippen LogP contribution < -0.4 is 0 Å². The van der Waals surface area contributed by atoms with Crippen molar-refractivity contribution in [1.29, 1.82) is 0 Å². The summed E-state index contributed by atoms with van der Waals surface area (Å²) in [4.78, 5) is 0. The fraction of sp³-hybridized carbons (Fsp3) is 1.00. The van der Waals surface area contributed by atoms with Crippen LogP contribution in [0.1, 0.15) is 142 Å². The second-order valence-electron chi connectivity index (χ2n) is 9.97. The van der Waals surface area contributed by atoms with Gasteiger partial charge in [-0.1, -0.05) is 117 Å². The van der Waals surface area contributed by atoms with Gasteiger partial charge in [-0.3, -0.25) is 0 Å². The van der Waals surface area contributed by atoms with Crippen molar-refractivity contribution in [3.63, 3.8) is 0 Å². The van der Waals surface area contributed by atoms with E-state index >= 15 is 0 Å². The second-order valence-corrected chi connectivity index (χ2v) is 9.97. The van der Waals surface area contributed by atoms with Gasteiger partial charge in [-0.25, -0.2) is 0 Å². The zero-order valence-corrected chi connectivity index (χ0v) is 18.5. The van der Waals surface area contributed by atoms with Gasteiger partial charge >= 0.3 is 0 Å². The van der Waals surface area contributed by atoms with Crippen LogP contribution in [-0.2, 0) is 0 Å². The smallest absolute Gasteiger partial charge is 0.0386 e. The van der Waals surface area contributed by atoms with Crippen LogP contribution in [0.15, 0.2) is 0 Å². The summed E-state index contributed by atoms with van der Waals surface area (Å²) in [6.07, 6.45) is 30.3. The fourth-order valence-corrected chi connectivity index (χ4v) is 5.97. The van der Waals surface area contributed by atoms with Crippen LogP contribution in [0.3, 0.4) is 0 Å². The van der Waals surface area contributed by atoms with Crippen LogP contribution in [0.2, 0.25) is 0 Å². The molecule has 0 saturated heterocycles. The Hall–Kier alpha value is 0. The van der Waals surface area contributed by atoms with E-state index in [0.29, 0.717) is 0 Å². The highest BCUT2D eigenvalue weighted by atomic mass is 14.4. The van der Waals surface area contributed by atoms with Gasteiger partial charge in [0.2, 0.25) is 0 Å². The van der Waals surface area contributed by atoms with E-state index in [1.165, 1.54) is 70.6 Å². The molecule has 0 heteroatoms. The van der Waals surface area contributed by atoms with E-state index in [1.807, 2.05) is 0 Å². The van der Waals surface area contributed by atoms with Gasteiger partial charge in [-0.05, 0) is 49.4 Å². The standard InChI is InChI=1S/C26H50/c1-3-5-7-9-10-12-14-24-17-21-26(22-18-24)25-19-15-23(16-20-25)13-11-8-6-4-2/h23-26H,3-22H2,1-2H3/t23-,24?,25-,26?. The highest BCUT2D eigenvalue weighted by molar-refractivity contribution is 4.82. The highest BCUT2D eigenvalue weighted by Crippen LogP contribution is 2.43. The van der Waals surface area contributed by atoms with Crippen LogP contribution in [0.25, 0.3) is 0 Å². The molecule has 2 fully saturated rings. The van der Waals surface area contributed by atoms with E-state index < -0.39 is 0 Å². The Morgan fingerprint density at radius 1 is 0.423 bits per heavy atom. The average Bonchev–Trinajstić information content (AvgIpc) is 2.69. The van der Waals surface area contributed by atoms with E-state index in [2.05, 4.69) is 13.8 Å². The van der Waals surface area contributed by atoms with Gasteiger partial charge in [0.05, 0.1) is 0 Å². The molecule has 0 aromatic heterocycles. The molecule has 0 spiro atoms. The van der Waals surface area contributed by atoms with Crippen molar-refractivity contribution in [3.8, 4) is 0 Å². The van der Waals surface area contributed by atoms with E-state index in [9.17, 15) is 0 Å².